The molecule has 0 unspecified atom stereocenters. The fraction of sp³-hybridized carbons (Fsp3) is 0.579. The van der Waals surface area contributed by atoms with E-state index in [1.807, 2.05) is 0 Å². The summed E-state index contributed by atoms with van der Waals surface area (Å²) < 4.78 is 54.5. The van der Waals surface area contributed by atoms with Crippen molar-refractivity contribution in [2.75, 3.05) is 18.4 Å². The summed E-state index contributed by atoms with van der Waals surface area (Å²) >= 11 is 0. The van der Waals surface area contributed by atoms with Gasteiger partial charge in [0, 0.05) is 12.6 Å². The number of likely N-dealkylation sites (tertiary alicyclic amines) is 1. The van der Waals surface area contributed by atoms with Crippen LogP contribution in [0, 0.1) is 0 Å². The quantitative estimate of drug-likeness (QED) is 0.674. The molecule has 0 aromatic carbocycles. The predicted octanol–water partition coefficient (Wildman–Crippen LogP) is 3.66. The minimum Gasteiger partial charge on any atom is -0.470 e. The first-order chi connectivity index (χ1) is 15.1. The van der Waals surface area contributed by atoms with E-state index >= 15 is 0 Å². The zero-order chi connectivity index (χ0) is 23.3. The van der Waals surface area contributed by atoms with Crippen LogP contribution in [0.25, 0.3) is 0 Å². The normalized spacial score (nSPS) is 19.4. The molecule has 2 N–H and O–H groups in total. The molecule has 2 atom stereocenters. The number of nitrogens with one attached hydrogen (secondary N) is 2. The Morgan fingerprint density at radius 3 is 2.81 bits per heavy atom. The first-order valence-electron chi connectivity index (χ1n) is 9.97. The van der Waals surface area contributed by atoms with E-state index in [1.165, 1.54) is 23.4 Å². The zero-order valence-corrected chi connectivity index (χ0v) is 17.8. The Hall–Kier alpha value is -3.25. The van der Waals surface area contributed by atoms with E-state index in [1.54, 1.807) is 20.8 Å². The lowest BCUT2D eigenvalue weighted by molar-refractivity contribution is -0.0528. The average Bonchev–Trinajstić information content (AvgIpc) is 3.02. The number of carbonyl (C=O) groups is 1. The molecule has 1 fully saturated rings. The van der Waals surface area contributed by atoms with Gasteiger partial charge in [-0.2, -0.15) is 13.8 Å². The number of nitrogens with zero attached hydrogens (tertiary/aromatic N) is 4. The lowest BCUT2D eigenvalue weighted by Gasteiger charge is -2.27. The lowest BCUT2D eigenvalue weighted by Crippen LogP contribution is -2.42. The standard InChI is InChI=1S/C19H25F3N6O4/c1-19(2,3)32-18(29)28-6-4-5-12(11(20)10-28)30-16-9-23-8-14(25-16)24-13-7-15(27-26-13)31-17(21)22/h7-9,11-12,17H,4-6,10H2,1-3H3,(H2,24,25,26,27)/t11-,12+/m1/s1. The topological polar surface area (TPSA) is 114 Å². The van der Waals surface area contributed by atoms with Crippen LogP contribution in [0.3, 0.4) is 0 Å². The molecule has 0 radical (unpaired) electrons. The van der Waals surface area contributed by atoms with Crippen LogP contribution in [0.15, 0.2) is 18.5 Å². The van der Waals surface area contributed by atoms with Gasteiger partial charge in [0.1, 0.15) is 17.5 Å². The van der Waals surface area contributed by atoms with E-state index in [-0.39, 0.29) is 29.9 Å². The monoisotopic (exact) mass is 458 g/mol. The average molecular weight is 458 g/mol. The number of amides is 1. The molecule has 0 aliphatic carbocycles. The van der Waals surface area contributed by atoms with Gasteiger partial charge in [-0.1, -0.05) is 0 Å². The molecule has 1 aliphatic heterocycles. The molecule has 0 bridgehead atoms. The van der Waals surface area contributed by atoms with Crippen LogP contribution in [0.2, 0.25) is 0 Å². The lowest BCUT2D eigenvalue weighted by atomic mass is 10.1. The van der Waals surface area contributed by atoms with Gasteiger partial charge < -0.3 is 24.4 Å². The van der Waals surface area contributed by atoms with Crippen molar-refractivity contribution in [2.24, 2.45) is 0 Å². The van der Waals surface area contributed by atoms with Crippen molar-refractivity contribution in [3.8, 4) is 11.8 Å². The fourth-order valence-corrected chi connectivity index (χ4v) is 2.99. The third-order valence-corrected chi connectivity index (χ3v) is 4.28. The third kappa shape index (κ3) is 6.89. The summed E-state index contributed by atoms with van der Waals surface area (Å²) in [7, 11) is 0. The molecule has 1 aliphatic rings. The Labute approximate surface area is 182 Å². The maximum absolute atomic E-state index is 14.9. The molecule has 0 spiro atoms. The minimum atomic E-state index is -3.00. The predicted molar refractivity (Wildman–Crippen MR) is 107 cm³/mol. The molecule has 3 heterocycles. The molecular weight excluding hydrogens is 433 g/mol. The van der Waals surface area contributed by atoms with E-state index in [2.05, 4.69) is 30.2 Å². The Balaban J connectivity index is 1.60. The molecule has 1 saturated heterocycles. The first-order valence-corrected chi connectivity index (χ1v) is 9.97. The second-order valence-corrected chi connectivity index (χ2v) is 8.11. The van der Waals surface area contributed by atoms with Crippen LogP contribution in [-0.4, -0.2) is 68.7 Å². The van der Waals surface area contributed by atoms with Crippen molar-refractivity contribution in [2.45, 2.75) is 58.1 Å². The van der Waals surface area contributed by atoms with Crippen molar-refractivity contribution in [3.05, 3.63) is 18.5 Å². The van der Waals surface area contributed by atoms with E-state index in [9.17, 15) is 18.0 Å². The number of H-pyrrole nitrogens is 1. The SMILES string of the molecule is CC(C)(C)OC(=O)N1CCC[C@H](Oc2cncc(Nc3cc(OC(F)F)n[nH]3)n2)[C@H](F)C1. The number of alkyl halides is 3. The van der Waals surface area contributed by atoms with Crippen molar-refractivity contribution in [3.63, 3.8) is 0 Å². The number of hydrogen-bond donors (Lipinski definition) is 2. The fourth-order valence-electron chi connectivity index (χ4n) is 2.99. The first kappa shape index (κ1) is 23.4. The second kappa shape index (κ2) is 9.92. The second-order valence-electron chi connectivity index (χ2n) is 8.11. The highest BCUT2D eigenvalue weighted by atomic mass is 19.3. The van der Waals surface area contributed by atoms with Gasteiger partial charge in [0.15, 0.2) is 12.0 Å². The molecule has 176 valence electrons. The molecule has 10 nitrogen and oxygen atoms in total. The van der Waals surface area contributed by atoms with Gasteiger partial charge in [0.2, 0.25) is 11.8 Å². The number of rotatable bonds is 6. The van der Waals surface area contributed by atoms with Crippen LogP contribution >= 0.6 is 0 Å². The number of ether oxygens (including phenoxy) is 3. The van der Waals surface area contributed by atoms with Crippen LogP contribution in [0.1, 0.15) is 33.6 Å². The summed E-state index contributed by atoms with van der Waals surface area (Å²) in [5.74, 6) is 0.222. The van der Waals surface area contributed by atoms with E-state index in [4.69, 9.17) is 9.47 Å². The van der Waals surface area contributed by atoms with E-state index in [0.29, 0.717) is 19.4 Å². The van der Waals surface area contributed by atoms with E-state index < -0.39 is 30.6 Å². The Bertz CT molecular complexity index is 907. The number of halogens is 3. The molecule has 0 saturated carbocycles. The molecule has 2 aromatic rings. The highest BCUT2D eigenvalue weighted by Crippen LogP contribution is 2.23. The summed E-state index contributed by atoms with van der Waals surface area (Å²) in [6.45, 7) is 2.44. The van der Waals surface area contributed by atoms with Crippen molar-refractivity contribution in [1.82, 2.24) is 25.1 Å². The maximum Gasteiger partial charge on any atom is 0.410 e. The highest BCUT2D eigenvalue weighted by molar-refractivity contribution is 5.68. The molecular formula is C19H25F3N6O4. The molecule has 3 rings (SSSR count). The number of aromatic nitrogens is 4. The van der Waals surface area contributed by atoms with Gasteiger partial charge in [-0.3, -0.25) is 10.1 Å². The van der Waals surface area contributed by atoms with Crippen molar-refractivity contribution < 1.29 is 32.2 Å². The summed E-state index contributed by atoms with van der Waals surface area (Å²) in [6.07, 6.45) is 0.737. The van der Waals surface area contributed by atoms with Gasteiger partial charge in [0.25, 0.3) is 0 Å². The number of hydrogen-bond acceptors (Lipinski definition) is 8. The Kier molecular flexibility index (Phi) is 7.26. The van der Waals surface area contributed by atoms with Crippen molar-refractivity contribution >= 4 is 17.7 Å². The molecule has 13 heteroatoms. The highest BCUT2D eigenvalue weighted by Gasteiger charge is 2.33. The summed E-state index contributed by atoms with van der Waals surface area (Å²) in [6, 6.07) is 1.22. The summed E-state index contributed by atoms with van der Waals surface area (Å²) in [5.41, 5.74) is -0.672. The smallest absolute Gasteiger partial charge is 0.410 e. The van der Waals surface area contributed by atoms with Gasteiger partial charge in [-0.05, 0) is 33.6 Å². The molecule has 1 amide bonds. The van der Waals surface area contributed by atoms with Crippen LogP contribution < -0.4 is 14.8 Å². The summed E-state index contributed by atoms with van der Waals surface area (Å²) in [4.78, 5) is 21.8. The zero-order valence-electron chi connectivity index (χ0n) is 17.8. The van der Waals surface area contributed by atoms with Gasteiger partial charge >= 0.3 is 12.7 Å². The Morgan fingerprint density at radius 1 is 1.31 bits per heavy atom. The van der Waals surface area contributed by atoms with E-state index in [0.717, 1.165) is 0 Å². The minimum absolute atomic E-state index is 0.0666. The van der Waals surface area contributed by atoms with Gasteiger partial charge in [-0.25, -0.2) is 9.18 Å². The van der Waals surface area contributed by atoms with Gasteiger partial charge in [0.05, 0.1) is 18.9 Å². The molecule has 2 aromatic heterocycles. The number of aromatic amines is 1. The van der Waals surface area contributed by atoms with Gasteiger partial charge in [-0.15, -0.1) is 5.10 Å². The van der Waals surface area contributed by atoms with Crippen LogP contribution in [0.4, 0.5) is 29.6 Å². The summed E-state index contributed by atoms with van der Waals surface area (Å²) in [5, 5.41) is 8.82. The third-order valence-electron chi connectivity index (χ3n) is 4.28. The van der Waals surface area contributed by atoms with Crippen LogP contribution in [-0.2, 0) is 4.74 Å². The number of carbonyl (C=O) groups excluding carboxylic acids is 1. The Morgan fingerprint density at radius 2 is 2.09 bits per heavy atom. The van der Waals surface area contributed by atoms with Crippen molar-refractivity contribution in [1.29, 1.82) is 0 Å². The largest absolute Gasteiger partial charge is 0.470 e. The number of anilines is 2. The maximum atomic E-state index is 14.9. The van der Waals surface area contributed by atoms with Crippen LogP contribution in [0.5, 0.6) is 11.8 Å². The molecule has 32 heavy (non-hydrogen) atoms.